The molecule has 1 aliphatic rings. The summed E-state index contributed by atoms with van der Waals surface area (Å²) in [5.74, 6) is 0. The van der Waals surface area contributed by atoms with Crippen molar-refractivity contribution in [1.82, 2.24) is 14.6 Å². The van der Waals surface area contributed by atoms with E-state index < -0.39 is 19.9 Å². The van der Waals surface area contributed by atoms with E-state index in [1.165, 1.54) is 16.4 Å². The van der Waals surface area contributed by atoms with Crippen LogP contribution in [0.2, 0.25) is 0 Å². The smallest absolute Gasteiger partial charge is 0.244 e. The molecular weight excluding hydrogens is 350 g/mol. The predicted molar refractivity (Wildman–Crippen MR) is 85.4 cm³/mol. The van der Waals surface area contributed by atoms with Gasteiger partial charge in [-0.2, -0.15) is 4.31 Å². The van der Waals surface area contributed by atoms with E-state index in [9.17, 15) is 16.8 Å². The van der Waals surface area contributed by atoms with E-state index in [0.29, 0.717) is 19.1 Å². The minimum absolute atomic E-state index is 0. The highest BCUT2D eigenvalue weighted by Gasteiger charge is 2.29. The Morgan fingerprint density at radius 2 is 1.77 bits per heavy atom. The molecule has 0 radical (unpaired) electrons. The molecule has 1 saturated heterocycles. The fourth-order valence-corrected chi connectivity index (χ4v) is 4.25. The molecular formula is C12H20ClN3O4S2. The van der Waals surface area contributed by atoms with Crippen molar-refractivity contribution in [2.45, 2.75) is 28.8 Å². The first kappa shape index (κ1) is 19.3. The van der Waals surface area contributed by atoms with Gasteiger partial charge in [-0.1, -0.05) is 0 Å². The molecule has 0 aliphatic carbocycles. The van der Waals surface area contributed by atoms with Crippen molar-refractivity contribution in [2.75, 3.05) is 26.4 Å². The zero-order chi connectivity index (χ0) is 15.7. The number of aromatic nitrogens is 1. The van der Waals surface area contributed by atoms with Crippen molar-refractivity contribution in [2.24, 2.45) is 0 Å². The fourth-order valence-electron chi connectivity index (χ4n) is 2.27. The normalized spacial score (nSPS) is 17.9. The quantitative estimate of drug-likeness (QED) is 0.818. The second kappa shape index (κ2) is 7.22. The number of nitrogens with one attached hydrogen (secondary N) is 1. The van der Waals surface area contributed by atoms with Crippen molar-refractivity contribution in [1.29, 1.82) is 0 Å². The van der Waals surface area contributed by atoms with Gasteiger partial charge in [0.1, 0.15) is 4.90 Å². The van der Waals surface area contributed by atoms with Gasteiger partial charge in [-0.15, -0.1) is 12.4 Å². The lowest BCUT2D eigenvalue weighted by Gasteiger charge is -2.30. The van der Waals surface area contributed by atoms with Gasteiger partial charge >= 0.3 is 0 Å². The standard InChI is InChI=1S/C12H19N3O4S2.ClH/c1-13-10-5-7-15(8-6-10)21(18,19)11-3-4-12(14-9-11)20(2,16)17;/h3-4,9-10,13H,5-8H2,1-2H3;1H. The van der Waals surface area contributed by atoms with Gasteiger partial charge in [0.25, 0.3) is 0 Å². The summed E-state index contributed by atoms with van der Waals surface area (Å²) in [6, 6.07) is 2.85. The third-order valence-corrected chi connectivity index (χ3v) is 6.47. The number of hydrogen-bond acceptors (Lipinski definition) is 6. The van der Waals surface area contributed by atoms with Crippen LogP contribution < -0.4 is 5.32 Å². The maximum absolute atomic E-state index is 12.5. The first-order chi connectivity index (χ1) is 9.75. The molecule has 1 fully saturated rings. The largest absolute Gasteiger partial charge is 0.317 e. The molecule has 0 bridgehead atoms. The van der Waals surface area contributed by atoms with E-state index in [2.05, 4.69) is 10.3 Å². The zero-order valence-corrected chi connectivity index (χ0v) is 14.8. The molecule has 22 heavy (non-hydrogen) atoms. The van der Waals surface area contributed by atoms with Crippen LogP contribution in [0.1, 0.15) is 12.8 Å². The topological polar surface area (TPSA) is 96.4 Å². The van der Waals surface area contributed by atoms with Crippen LogP contribution in [-0.4, -0.2) is 58.6 Å². The molecule has 2 rings (SSSR count). The molecule has 0 aromatic carbocycles. The van der Waals surface area contributed by atoms with E-state index in [-0.39, 0.29) is 22.3 Å². The predicted octanol–water partition coefficient (Wildman–Crippen LogP) is 0.279. The molecule has 10 heteroatoms. The van der Waals surface area contributed by atoms with Gasteiger partial charge in [0, 0.05) is 31.6 Å². The molecule has 126 valence electrons. The Morgan fingerprint density at radius 3 is 2.18 bits per heavy atom. The first-order valence-corrected chi connectivity index (χ1v) is 9.92. The summed E-state index contributed by atoms with van der Waals surface area (Å²) in [5, 5.41) is 3.01. The first-order valence-electron chi connectivity index (χ1n) is 6.58. The number of hydrogen-bond donors (Lipinski definition) is 1. The van der Waals surface area contributed by atoms with E-state index in [0.717, 1.165) is 25.3 Å². The molecule has 2 heterocycles. The van der Waals surface area contributed by atoms with Gasteiger partial charge in [-0.05, 0) is 32.0 Å². The van der Waals surface area contributed by atoms with E-state index >= 15 is 0 Å². The number of pyridine rings is 1. The average molecular weight is 370 g/mol. The molecule has 0 unspecified atom stereocenters. The van der Waals surface area contributed by atoms with Crippen molar-refractivity contribution >= 4 is 32.3 Å². The van der Waals surface area contributed by atoms with Crippen LogP contribution >= 0.6 is 12.4 Å². The Morgan fingerprint density at radius 1 is 1.18 bits per heavy atom. The summed E-state index contributed by atoms with van der Waals surface area (Å²) < 4.78 is 49.0. The SMILES string of the molecule is CNC1CCN(S(=O)(=O)c2ccc(S(C)(=O)=O)nc2)CC1.Cl. The lowest BCUT2D eigenvalue weighted by atomic mass is 10.1. The zero-order valence-electron chi connectivity index (χ0n) is 12.4. The minimum atomic E-state index is -3.61. The third-order valence-electron chi connectivity index (χ3n) is 3.59. The number of sulfone groups is 1. The number of piperidine rings is 1. The number of nitrogens with zero attached hydrogens (tertiary/aromatic N) is 2. The van der Waals surface area contributed by atoms with Gasteiger partial charge in [-0.25, -0.2) is 21.8 Å². The molecule has 7 nitrogen and oxygen atoms in total. The van der Waals surface area contributed by atoms with Gasteiger partial charge in [0.2, 0.25) is 10.0 Å². The van der Waals surface area contributed by atoms with Crippen LogP contribution in [0.5, 0.6) is 0 Å². The summed E-state index contributed by atoms with van der Waals surface area (Å²) in [6.45, 7) is 0.892. The molecule has 1 N–H and O–H groups in total. The summed E-state index contributed by atoms with van der Waals surface area (Å²) >= 11 is 0. The maximum atomic E-state index is 12.5. The Bertz CT molecular complexity index is 696. The summed E-state index contributed by atoms with van der Waals surface area (Å²) in [5.41, 5.74) is 0. The van der Waals surface area contributed by atoms with Gasteiger partial charge in [0.15, 0.2) is 14.9 Å². The van der Waals surface area contributed by atoms with Crippen molar-refractivity contribution in [3.8, 4) is 0 Å². The lowest BCUT2D eigenvalue weighted by molar-refractivity contribution is 0.298. The number of sulfonamides is 1. The molecule has 1 aliphatic heterocycles. The molecule has 1 aromatic rings. The van der Waals surface area contributed by atoms with Crippen molar-refractivity contribution in [3.63, 3.8) is 0 Å². The van der Waals surface area contributed by atoms with Crippen LogP contribution in [0.25, 0.3) is 0 Å². The van der Waals surface area contributed by atoms with Gasteiger partial charge in [-0.3, -0.25) is 0 Å². The second-order valence-corrected chi connectivity index (χ2v) is 8.97. The summed E-state index contributed by atoms with van der Waals surface area (Å²) in [6.07, 6.45) is 3.65. The van der Waals surface area contributed by atoms with Crippen molar-refractivity contribution in [3.05, 3.63) is 18.3 Å². The monoisotopic (exact) mass is 369 g/mol. The Hall–Kier alpha value is -0.740. The Labute approximate surface area is 137 Å². The van der Waals surface area contributed by atoms with Crippen LogP contribution in [0, 0.1) is 0 Å². The lowest BCUT2D eigenvalue weighted by Crippen LogP contribution is -2.43. The number of halogens is 1. The minimum Gasteiger partial charge on any atom is -0.317 e. The van der Waals surface area contributed by atoms with Crippen LogP contribution in [0.4, 0.5) is 0 Å². The van der Waals surface area contributed by atoms with Crippen LogP contribution in [0.3, 0.4) is 0 Å². The fraction of sp³-hybridized carbons (Fsp3) is 0.583. The van der Waals surface area contributed by atoms with Crippen LogP contribution in [-0.2, 0) is 19.9 Å². The molecule has 0 amide bonds. The van der Waals surface area contributed by atoms with E-state index in [1.807, 2.05) is 7.05 Å². The molecule has 0 atom stereocenters. The summed E-state index contributed by atoms with van der Waals surface area (Å²) in [4.78, 5) is 3.76. The summed E-state index contributed by atoms with van der Waals surface area (Å²) in [7, 11) is -5.17. The van der Waals surface area contributed by atoms with Gasteiger partial charge in [0.05, 0.1) is 0 Å². The van der Waals surface area contributed by atoms with Crippen molar-refractivity contribution < 1.29 is 16.8 Å². The molecule has 0 spiro atoms. The highest BCUT2D eigenvalue weighted by Crippen LogP contribution is 2.20. The maximum Gasteiger partial charge on any atom is 0.244 e. The Balaban J connectivity index is 0.00000242. The highest BCUT2D eigenvalue weighted by molar-refractivity contribution is 7.90. The molecule has 1 aromatic heterocycles. The average Bonchev–Trinajstić information content (AvgIpc) is 2.46. The van der Waals surface area contributed by atoms with E-state index in [4.69, 9.17) is 0 Å². The van der Waals surface area contributed by atoms with Gasteiger partial charge < -0.3 is 5.32 Å². The number of rotatable bonds is 4. The second-order valence-electron chi connectivity index (χ2n) is 5.07. The molecule has 0 saturated carbocycles. The Kier molecular flexibility index (Phi) is 6.34. The van der Waals surface area contributed by atoms with E-state index in [1.54, 1.807) is 0 Å². The van der Waals surface area contributed by atoms with Crippen LogP contribution in [0.15, 0.2) is 28.3 Å². The highest BCUT2D eigenvalue weighted by atomic mass is 35.5. The third kappa shape index (κ3) is 4.17.